The number of nitrogens with one attached hydrogen (secondary N) is 1. The molecule has 0 saturated carbocycles. The van der Waals surface area contributed by atoms with E-state index < -0.39 is 0 Å². The second-order valence-electron chi connectivity index (χ2n) is 5.56. The molecule has 2 heterocycles. The Morgan fingerprint density at radius 1 is 1.50 bits per heavy atom. The fourth-order valence-corrected chi connectivity index (χ4v) is 2.28. The smallest absolute Gasteiger partial charge is 0.272 e. The van der Waals surface area contributed by atoms with E-state index in [1.807, 2.05) is 7.05 Å². The lowest BCUT2D eigenvalue weighted by molar-refractivity contribution is -0.120. The van der Waals surface area contributed by atoms with Gasteiger partial charge >= 0.3 is 0 Å². The molecule has 1 aromatic heterocycles. The Kier molecular flexibility index (Phi) is 3.38. The number of rotatable bonds is 2. The fraction of sp³-hybridized carbons (Fsp3) is 0.750. The van der Waals surface area contributed by atoms with Crippen molar-refractivity contribution in [1.82, 2.24) is 15.5 Å². The van der Waals surface area contributed by atoms with Crippen LogP contribution in [0.15, 0.2) is 4.52 Å². The average molecular weight is 252 g/mol. The molecule has 1 aromatic rings. The molecule has 1 amide bonds. The molecule has 2 rings (SSSR count). The van der Waals surface area contributed by atoms with Crippen molar-refractivity contribution in [3.05, 3.63) is 5.89 Å². The van der Waals surface area contributed by atoms with Gasteiger partial charge in [-0.25, -0.2) is 0 Å². The minimum Gasteiger partial charge on any atom is -0.338 e. The van der Waals surface area contributed by atoms with Crippen LogP contribution in [-0.2, 0) is 4.79 Å². The number of nitrogens with zero attached hydrogens (tertiary/aromatic N) is 3. The van der Waals surface area contributed by atoms with Gasteiger partial charge in [0.15, 0.2) is 0 Å². The van der Waals surface area contributed by atoms with Crippen molar-refractivity contribution < 1.29 is 9.32 Å². The molecule has 1 N–H and O–H groups in total. The summed E-state index contributed by atoms with van der Waals surface area (Å²) in [5.41, 5.74) is 0.122. The van der Waals surface area contributed by atoms with Crippen LogP contribution in [0.4, 0.5) is 5.95 Å². The molecule has 1 aliphatic heterocycles. The van der Waals surface area contributed by atoms with E-state index in [1.54, 1.807) is 11.8 Å². The number of anilines is 1. The molecule has 18 heavy (non-hydrogen) atoms. The molecule has 1 aliphatic rings. The van der Waals surface area contributed by atoms with Crippen LogP contribution in [0.2, 0.25) is 0 Å². The molecule has 6 heteroatoms. The van der Waals surface area contributed by atoms with E-state index in [9.17, 15) is 4.79 Å². The highest BCUT2D eigenvalue weighted by Crippen LogP contribution is 2.31. The van der Waals surface area contributed by atoms with Crippen LogP contribution in [0.3, 0.4) is 0 Å². The van der Waals surface area contributed by atoms with Crippen LogP contribution >= 0.6 is 0 Å². The molecule has 0 aromatic carbocycles. The third-order valence-electron chi connectivity index (χ3n) is 3.44. The number of hydrogen-bond donors (Lipinski definition) is 1. The van der Waals surface area contributed by atoms with Crippen molar-refractivity contribution in [2.45, 2.75) is 39.7 Å². The molecule has 1 fully saturated rings. The zero-order valence-corrected chi connectivity index (χ0v) is 11.4. The van der Waals surface area contributed by atoms with Gasteiger partial charge in [-0.3, -0.25) is 9.69 Å². The van der Waals surface area contributed by atoms with Gasteiger partial charge in [-0.05, 0) is 30.5 Å². The number of amides is 1. The average Bonchev–Trinajstić information content (AvgIpc) is 2.67. The summed E-state index contributed by atoms with van der Waals surface area (Å²) in [6, 6.07) is -0.193. The summed E-state index contributed by atoms with van der Waals surface area (Å²) in [6.45, 7) is 6.70. The summed E-state index contributed by atoms with van der Waals surface area (Å²) in [5.74, 6) is 0.863. The Morgan fingerprint density at radius 2 is 2.22 bits per heavy atom. The van der Waals surface area contributed by atoms with Crippen LogP contribution in [0.25, 0.3) is 0 Å². The fourth-order valence-electron chi connectivity index (χ4n) is 2.28. The highest BCUT2D eigenvalue weighted by molar-refractivity contribution is 5.96. The first kappa shape index (κ1) is 13.0. The van der Waals surface area contributed by atoms with Crippen molar-refractivity contribution in [2.75, 3.05) is 18.5 Å². The molecule has 0 aliphatic carbocycles. The zero-order valence-electron chi connectivity index (χ0n) is 11.4. The van der Waals surface area contributed by atoms with Crippen LogP contribution in [0.5, 0.6) is 0 Å². The van der Waals surface area contributed by atoms with Gasteiger partial charge in [-0.2, -0.15) is 4.98 Å². The Labute approximate surface area is 107 Å². The van der Waals surface area contributed by atoms with Gasteiger partial charge in [-0.1, -0.05) is 13.8 Å². The number of carbonyl (C=O) groups is 1. The number of carbonyl (C=O) groups excluding carboxylic acids is 1. The third-order valence-corrected chi connectivity index (χ3v) is 3.44. The van der Waals surface area contributed by atoms with E-state index in [1.165, 1.54) is 0 Å². The Bertz CT molecular complexity index is 441. The quantitative estimate of drug-likeness (QED) is 0.854. The molecule has 1 saturated heterocycles. The Hall–Kier alpha value is -1.43. The van der Waals surface area contributed by atoms with E-state index >= 15 is 0 Å². The minimum absolute atomic E-state index is 0.0175. The molecule has 1 unspecified atom stereocenters. The van der Waals surface area contributed by atoms with E-state index in [-0.39, 0.29) is 17.4 Å². The first-order chi connectivity index (χ1) is 8.43. The third kappa shape index (κ3) is 2.53. The summed E-state index contributed by atoms with van der Waals surface area (Å²) < 4.78 is 4.95. The normalized spacial score (nSPS) is 24.1. The van der Waals surface area contributed by atoms with Gasteiger partial charge in [0.25, 0.3) is 5.95 Å². The summed E-state index contributed by atoms with van der Waals surface area (Å²) >= 11 is 0. The van der Waals surface area contributed by atoms with Gasteiger partial charge in [0, 0.05) is 13.5 Å². The van der Waals surface area contributed by atoms with E-state index in [0.29, 0.717) is 18.4 Å². The summed E-state index contributed by atoms with van der Waals surface area (Å²) in [6.07, 6.45) is 1.74. The SMILES string of the molecule is CNC1CC(C)(C)CCN(c2noc(C)n2)C1=O. The van der Waals surface area contributed by atoms with Gasteiger partial charge in [-0.15, -0.1) is 0 Å². The Balaban J connectivity index is 2.27. The molecule has 0 spiro atoms. The maximum absolute atomic E-state index is 12.4. The molecular formula is C12H20N4O2. The van der Waals surface area contributed by atoms with Gasteiger partial charge in [0.05, 0.1) is 6.04 Å². The van der Waals surface area contributed by atoms with Crippen LogP contribution < -0.4 is 10.2 Å². The lowest BCUT2D eigenvalue weighted by Crippen LogP contribution is -2.45. The van der Waals surface area contributed by atoms with Crippen LogP contribution in [0, 0.1) is 12.3 Å². The first-order valence-electron chi connectivity index (χ1n) is 6.22. The highest BCUT2D eigenvalue weighted by Gasteiger charge is 2.36. The molecule has 1 atom stereocenters. The minimum atomic E-state index is -0.193. The predicted molar refractivity (Wildman–Crippen MR) is 67.3 cm³/mol. The van der Waals surface area contributed by atoms with Crippen molar-refractivity contribution in [2.24, 2.45) is 5.41 Å². The molecule has 6 nitrogen and oxygen atoms in total. The maximum Gasteiger partial charge on any atom is 0.272 e. The number of aromatic nitrogens is 2. The number of hydrogen-bond acceptors (Lipinski definition) is 5. The molecule has 0 bridgehead atoms. The number of aryl methyl sites for hydroxylation is 1. The standard InChI is InChI=1S/C12H20N4O2/c1-8-14-11(15-18-8)16-6-5-12(2,3)7-9(13-4)10(16)17/h9,13H,5-7H2,1-4H3. The van der Waals surface area contributed by atoms with Gasteiger partial charge in [0.2, 0.25) is 11.8 Å². The largest absolute Gasteiger partial charge is 0.338 e. The van der Waals surface area contributed by atoms with Crippen molar-refractivity contribution >= 4 is 11.9 Å². The van der Waals surface area contributed by atoms with Crippen molar-refractivity contribution in [3.8, 4) is 0 Å². The second-order valence-corrected chi connectivity index (χ2v) is 5.56. The molecular weight excluding hydrogens is 232 g/mol. The van der Waals surface area contributed by atoms with Crippen molar-refractivity contribution in [3.63, 3.8) is 0 Å². The maximum atomic E-state index is 12.4. The molecule has 100 valence electrons. The highest BCUT2D eigenvalue weighted by atomic mass is 16.5. The monoisotopic (exact) mass is 252 g/mol. The van der Waals surface area contributed by atoms with Gasteiger partial charge in [0.1, 0.15) is 0 Å². The Morgan fingerprint density at radius 3 is 2.78 bits per heavy atom. The number of likely N-dealkylation sites (N-methyl/N-ethyl adjacent to an activating group) is 1. The van der Waals surface area contributed by atoms with Gasteiger partial charge < -0.3 is 9.84 Å². The lowest BCUT2D eigenvalue weighted by atomic mass is 9.83. The summed E-state index contributed by atoms with van der Waals surface area (Å²) in [7, 11) is 1.81. The van der Waals surface area contributed by atoms with Crippen LogP contribution in [0.1, 0.15) is 32.6 Å². The second kappa shape index (κ2) is 4.68. The topological polar surface area (TPSA) is 71.3 Å². The summed E-state index contributed by atoms with van der Waals surface area (Å²) in [5, 5.41) is 6.92. The van der Waals surface area contributed by atoms with Crippen LogP contribution in [-0.4, -0.2) is 35.7 Å². The van der Waals surface area contributed by atoms with E-state index in [2.05, 4.69) is 29.3 Å². The zero-order chi connectivity index (χ0) is 13.3. The molecule has 0 radical (unpaired) electrons. The van der Waals surface area contributed by atoms with E-state index in [4.69, 9.17) is 4.52 Å². The van der Waals surface area contributed by atoms with Crippen molar-refractivity contribution in [1.29, 1.82) is 0 Å². The summed E-state index contributed by atoms with van der Waals surface area (Å²) in [4.78, 5) is 18.2. The predicted octanol–water partition coefficient (Wildman–Crippen LogP) is 1.12. The first-order valence-corrected chi connectivity index (χ1v) is 6.22. The van der Waals surface area contributed by atoms with E-state index in [0.717, 1.165) is 12.8 Å². The lowest BCUT2D eigenvalue weighted by Gasteiger charge is -2.24.